The first-order chi connectivity index (χ1) is 29.5. The van der Waals surface area contributed by atoms with Gasteiger partial charge in [0.25, 0.3) is 0 Å². The molecule has 0 radical (unpaired) electrons. The zero-order chi connectivity index (χ0) is 43.7. The third-order valence-corrected chi connectivity index (χ3v) is 12.2. The van der Waals surface area contributed by atoms with Gasteiger partial charge < -0.3 is 20.3 Å². The molecule has 0 aliphatic heterocycles. The van der Waals surface area contributed by atoms with Crippen LogP contribution in [0.1, 0.15) is 284 Å². The van der Waals surface area contributed by atoms with Gasteiger partial charge in [0.1, 0.15) is 0 Å². The van der Waals surface area contributed by atoms with E-state index in [4.69, 9.17) is 4.74 Å². The molecule has 0 saturated carbocycles. The van der Waals surface area contributed by atoms with Crippen molar-refractivity contribution >= 4 is 11.9 Å². The van der Waals surface area contributed by atoms with Crippen LogP contribution in [0.2, 0.25) is 0 Å². The number of aliphatic hydroxyl groups is 2. The highest BCUT2D eigenvalue weighted by Crippen LogP contribution is 2.16. The van der Waals surface area contributed by atoms with Crippen LogP contribution in [0.15, 0.2) is 24.3 Å². The Labute approximate surface area is 373 Å². The molecule has 0 rings (SSSR count). The van der Waals surface area contributed by atoms with E-state index in [1.807, 2.05) is 6.08 Å². The summed E-state index contributed by atoms with van der Waals surface area (Å²) in [6, 6.07) is -0.639. The summed E-state index contributed by atoms with van der Waals surface area (Å²) < 4.78 is 5.45. The molecule has 2 atom stereocenters. The second-order valence-electron chi connectivity index (χ2n) is 18.2. The summed E-state index contributed by atoms with van der Waals surface area (Å²) >= 11 is 0. The number of hydrogen-bond donors (Lipinski definition) is 3. The molecule has 60 heavy (non-hydrogen) atoms. The van der Waals surface area contributed by atoms with E-state index in [9.17, 15) is 19.8 Å². The molecule has 0 spiro atoms. The Hall–Kier alpha value is -1.66. The van der Waals surface area contributed by atoms with Crippen molar-refractivity contribution in [2.45, 2.75) is 296 Å². The van der Waals surface area contributed by atoms with Crippen molar-refractivity contribution in [2.75, 3.05) is 13.2 Å². The van der Waals surface area contributed by atoms with Gasteiger partial charge in [-0.3, -0.25) is 9.59 Å². The number of rotatable bonds is 49. The number of esters is 1. The maximum Gasteiger partial charge on any atom is 0.305 e. The van der Waals surface area contributed by atoms with Gasteiger partial charge in [-0.2, -0.15) is 0 Å². The second-order valence-corrected chi connectivity index (χ2v) is 18.2. The molecule has 0 heterocycles. The molecule has 0 aliphatic carbocycles. The summed E-state index contributed by atoms with van der Waals surface area (Å²) in [6.45, 7) is 4.86. The number of amides is 1. The van der Waals surface area contributed by atoms with Crippen molar-refractivity contribution in [3.05, 3.63) is 24.3 Å². The zero-order valence-electron chi connectivity index (χ0n) is 40.2. The molecule has 6 heteroatoms. The Morgan fingerprint density at radius 1 is 0.450 bits per heavy atom. The third kappa shape index (κ3) is 45.9. The predicted molar refractivity (Wildman–Crippen MR) is 260 cm³/mol. The van der Waals surface area contributed by atoms with Crippen molar-refractivity contribution in [1.82, 2.24) is 5.32 Å². The number of carbonyl (C=O) groups is 2. The van der Waals surface area contributed by atoms with Gasteiger partial charge in [-0.1, -0.05) is 237 Å². The van der Waals surface area contributed by atoms with Crippen LogP contribution in [0.25, 0.3) is 0 Å². The molecule has 0 saturated heterocycles. The van der Waals surface area contributed by atoms with Gasteiger partial charge in [0.15, 0.2) is 0 Å². The van der Waals surface area contributed by atoms with Crippen molar-refractivity contribution in [2.24, 2.45) is 0 Å². The fourth-order valence-electron chi connectivity index (χ4n) is 8.10. The van der Waals surface area contributed by atoms with Crippen LogP contribution in [0, 0.1) is 0 Å². The first kappa shape index (κ1) is 58.3. The second kappa shape index (κ2) is 50.0. The number of aliphatic hydroxyl groups excluding tert-OH is 2. The van der Waals surface area contributed by atoms with Crippen LogP contribution in [-0.2, 0) is 14.3 Å². The quantitative estimate of drug-likeness (QED) is 0.0322. The van der Waals surface area contributed by atoms with Crippen molar-refractivity contribution < 1.29 is 24.5 Å². The van der Waals surface area contributed by atoms with Crippen LogP contribution >= 0.6 is 0 Å². The van der Waals surface area contributed by atoms with Crippen LogP contribution in [0.4, 0.5) is 0 Å². The molecular weight excluding hydrogens is 743 g/mol. The average Bonchev–Trinajstić information content (AvgIpc) is 3.25. The molecule has 1 amide bonds. The van der Waals surface area contributed by atoms with Gasteiger partial charge in [0, 0.05) is 12.8 Å². The zero-order valence-corrected chi connectivity index (χ0v) is 40.2. The number of allylic oxidation sites excluding steroid dienone is 3. The minimum Gasteiger partial charge on any atom is -0.466 e. The molecule has 0 bridgehead atoms. The van der Waals surface area contributed by atoms with Gasteiger partial charge in [0.2, 0.25) is 5.91 Å². The molecule has 2 unspecified atom stereocenters. The molecule has 0 fully saturated rings. The standard InChI is InChI=1S/C54H103NO5/c1-3-5-7-9-11-13-15-17-19-20-21-22-26-30-34-38-42-46-52(57)51(50-56)55-53(58)47-43-39-35-31-27-24-25-29-33-37-41-45-49-60-54(59)48-44-40-36-32-28-23-18-16-14-12-10-8-6-4-2/h16,18,42,46,51-52,56-57H,3-15,17,19-41,43-45,47-50H2,1-2H3,(H,55,58)/b18-16-,46-42+. The molecule has 0 aromatic heterocycles. The number of carbonyl (C=O) groups excluding carboxylic acids is 2. The first-order valence-corrected chi connectivity index (χ1v) is 26.6. The fourth-order valence-corrected chi connectivity index (χ4v) is 8.10. The molecular formula is C54H103NO5. The first-order valence-electron chi connectivity index (χ1n) is 26.6. The van der Waals surface area contributed by atoms with E-state index in [1.54, 1.807) is 6.08 Å². The Morgan fingerprint density at radius 3 is 1.18 bits per heavy atom. The monoisotopic (exact) mass is 846 g/mol. The molecule has 354 valence electrons. The summed E-state index contributed by atoms with van der Waals surface area (Å²) in [5.41, 5.74) is 0. The largest absolute Gasteiger partial charge is 0.466 e. The minimum absolute atomic E-state index is 0.0193. The summed E-state index contributed by atoms with van der Waals surface area (Å²) in [5.74, 6) is -0.102. The van der Waals surface area contributed by atoms with E-state index in [2.05, 4.69) is 31.3 Å². The Balaban J connectivity index is 3.50. The van der Waals surface area contributed by atoms with Gasteiger partial charge in [-0.25, -0.2) is 0 Å². The van der Waals surface area contributed by atoms with E-state index < -0.39 is 12.1 Å². The van der Waals surface area contributed by atoms with Crippen LogP contribution < -0.4 is 5.32 Å². The van der Waals surface area contributed by atoms with E-state index in [1.165, 1.54) is 199 Å². The highest BCUT2D eigenvalue weighted by atomic mass is 16.5. The molecule has 6 nitrogen and oxygen atoms in total. The molecule has 0 aliphatic rings. The lowest BCUT2D eigenvalue weighted by molar-refractivity contribution is -0.143. The highest BCUT2D eigenvalue weighted by Gasteiger charge is 2.18. The van der Waals surface area contributed by atoms with Crippen molar-refractivity contribution in [3.63, 3.8) is 0 Å². The Morgan fingerprint density at radius 2 is 0.783 bits per heavy atom. The van der Waals surface area contributed by atoms with Crippen LogP contribution in [0.5, 0.6) is 0 Å². The van der Waals surface area contributed by atoms with Crippen LogP contribution in [-0.4, -0.2) is 47.4 Å². The summed E-state index contributed by atoms with van der Waals surface area (Å²) in [4.78, 5) is 24.5. The maximum absolute atomic E-state index is 12.4. The minimum atomic E-state index is -0.855. The van der Waals surface area contributed by atoms with Gasteiger partial charge in [-0.05, 0) is 57.8 Å². The average molecular weight is 846 g/mol. The molecule has 0 aromatic carbocycles. The lowest BCUT2D eigenvalue weighted by Gasteiger charge is -2.20. The Bertz CT molecular complexity index is 935. The van der Waals surface area contributed by atoms with E-state index in [0.29, 0.717) is 19.4 Å². The number of nitrogens with one attached hydrogen (secondary N) is 1. The van der Waals surface area contributed by atoms with Crippen molar-refractivity contribution in [3.8, 4) is 0 Å². The lowest BCUT2D eigenvalue weighted by atomic mass is 10.0. The van der Waals surface area contributed by atoms with Crippen LogP contribution in [0.3, 0.4) is 0 Å². The lowest BCUT2D eigenvalue weighted by Crippen LogP contribution is -2.45. The van der Waals surface area contributed by atoms with Crippen molar-refractivity contribution in [1.29, 1.82) is 0 Å². The highest BCUT2D eigenvalue weighted by molar-refractivity contribution is 5.76. The smallest absolute Gasteiger partial charge is 0.305 e. The fraction of sp³-hybridized carbons (Fsp3) is 0.889. The summed E-state index contributed by atoms with van der Waals surface area (Å²) in [6.07, 6.45) is 58.9. The SMILES string of the molecule is CCCCCCC/C=C\CCCCCCCC(=O)OCCCCCCCCCCCCCCC(=O)NC(CO)C(O)/C=C/CCCCCCCCCCCCCCCCC. The number of ether oxygens (including phenoxy) is 1. The predicted octanol–water partition coefficient (Wildman–Crippen LogP) is 15.9. The maximum atomic E-state index is 12.4. The van der Waals surface area contributed by atoms with E-state index in [0.717, 1.165) is 57.8 Å². The number of unbranched alkanes of at least 4 members (excludes halogenated alkanes) is 36. The summed E-state index contributed by atoms with van der Waals surface area (Å²) in [5, 5.41) is 23.1. The van der Waals surface area contributed by atoms with Gasteiger partial charge >= 0.3 is 5.97 Å². The molecule has 0 aromatic rings. The van der Waals surface area contributed by atoms with E-state index in [-0.39, 0.29) is 18.5 Å². The third-order valence-electron chi connectivity index (χ3n) is 12.2. The Kier molecular flexibility index (Phi) is 48.6. The normalized spacial score (nSPS) is 12.8. The van der Waals surface area contributed by atoms with Gasteiger partial charge in [-0.15, -0.1) is 0 Å². The number of hydrogen-bond acceptors (Lipinski definition) is 5. The molecule has 3 N–H and O–H groups in total. The van der Waals surface area contributed by atoms with Gasteiger partial charge in [0.05, 0.1) is 25.4 Å². The topological polar surface area (TPSA) is 95.9 Å². The summed E-state index contributed by atoms with van der Waals surface area (Å²) in [7, 11) is 0. The van der Waals surface area contributed by atoms with E-state index >= 15 is 0 Å².